The average molecular weight is 326 g/mol. The lowest BCUT2D eigenvalue weighted by Gasteiger charge is -2.32. The molecule has 1 aromatic carbocycles. The van der Waals surface area contributed by atoms with Crippen LogP contribution in [-0.2, 0) is 4.74 Å². The fourth-order valence-corrected chi connectivity index (χ4v) is 2.27. The van der Waals surface area contributed by atoms with Crippen LogP contribution in [0.2, 0.25) is 10.0 Å². The third kappa shape index (κ3) is 3.74. The van der Waals surface area contributed by atoms with Crippen LogP contribution in [0.3, 0.4) is 0 Å². The van der Waals surface area contributed by atoms with Crippen molar-refractivity contribution in [2.45, 2.75) is 6.10 Å². The Balaban J connectivity index is 0.00000180. The van der Waals surface area contributed by atoms with E-state index in [2.05, 4.69) is 0 Å². The van der Waals surface area contributed by atoms with E-state index in [1.54, 1.807) is 23.1 Å². The van der Waals surface area contributed by atoms with Gasteiger partial charge < -0.3 is 15.4 Å². The highest BCUT2D eigenvalue weighted by atomic mass is 35.5. The number of nitrogens with zero attached hydrogens (tertiary/aromatic N) is 1. The first-order chi connectivity index (χ1) is 8.63. The zero-order chi connectivity index (χ0) is 13.1. The molecule has 0 aliphatic carbocycles. The summed E-state index contributed by atoms with van der Waals surface area (Å²) in [6.07, 6.45) is -0.111. The van der Waals surface area contributed by atoms with Gasteiger partial charge in [-0.1, -0.05) is 29.3 Å². The van der Waals surface area contributed by atoms with E-state index < -0.39 is 0 Å². The Morgan fingerprint density at radius 1 is 1.47 bits per heavy atom. The predicted octanol–water partition coefficient (Wildman–Crippen LogP) is 2.21. The molecule has 2 N–H and O–H groups in total. The molecule has 19 heavy (non-hydrogen) atoms. The molecular formula is C12H15Cl3N2O2. The van der Waals surface area contributed by atoms with Crippen LogP contribution in [0.1, 0.15) is 10.4 Å². The number of benzene rings is 1. The summed E-state index contributed by atoms with van der Waals surface area (Å²) in [6, 6.07) is 5.04. The minimum absolute atomic E-state index is 0. The van der Waals surface area contributed by atoms with Crippen molar-refractivity contribution < 1.29 is 9.53 Å². The lowest BCUT2D eigenvalue weighted by atomic mass is 10.1. The molecule has 4 nitrogen and oxygen atoms in total. The van der Waals surface area contributed by atoms with Crippen molar-refractivity contribution in [2.75, 3.05) is 26.2 Å². The molecule has 1 saturated heterocycles. The van der Waals surface area contributed by atoms with Gasteiger partial charge in [0, 0.05) is 19.6 Å². The first kappa shape index (κ1) is 16.5. The molecule has 0 aromatic heterocycles. The Kier molecular flexibility index (Phi) is 6.36. The molecule has 2 rings (SSSR count). The van der Waals surface area contributed by atoms with E-state index in [1.165, 1.54) is 0 Å². The number of morpholine rings is 1. The largest absolute Gasteiger partial charge is 0.373 e. The molecule has 1 heterocycles. The average Bonchev–Trinajstić information content (AvgIpc) is 2.41. The second-order valence-corrected chi connectivity index (χ2v) is 4.87. The smallest absolute Gasteiger partial charge is 0.255 e. The molecule has 0 spiro atoms. The Hall–Kier alpha value is -0.520. The monoisotopic (exact) mass is 324 g/mol. The van der Waals surface area contributed by atoms with Crippen LogP contribution >= 0.6 is 35.6 Å². The van der Waals surface area contributed by atoms with Crippen molar-refractivity contribution in [3.8, 4) is 0 Å². The molecule has 1 atom stereocenters. The zero-order valence-corrected chi connectivity index (χ0v) is 12.5. The van der Waals surface area contributed by atoms with Crippen LogP contribution in [0, 0.1) is 0 Å². The van der Waals surface area contributed by atoms with E-state index >= 15 is 0 Å². The fraction of sp³-hybridized carbons (Fsp3) is 0.417. The van der Waals surface area contributed by atoms with E-state index in [1.807, 2.05) is 0 Å². The Labute approximate surface area is 128 Å². The Bertz CT molecular complexity index is 457. The van der Waals surface area contributed by atoms with Crippen molar-refractivity contribution in [3.05, 3.63) is 33.8 Å². The Morgan fingerprint density at radius 2 is 2.21 bits per heavy atom. The number of rotatable bonds is 2. The molecule has 0 saturated carbocycles. The molecule has 1 amide bonds. The van der Waals surface area contributed by atoms with Gasteiger partial charge >= 0.3 is 0 Å². The molecule has 7 heteroatoms. The number of nitrogens with two attached hydrogens (primary N) is 1. The molecular weight excluding hydrogens is 311 g/mol. The lowest BCUT2D eigenvalue weighted by molar-refractivity contribution is -0.0167. The summed E-state index contributed by atoms with van der Waals surface area (Å²) in [6.45, 7) is 1.91. The number of hydrogen-bond acceptors (Lipinski definition) is 3. The van der Waals surface area contributed by atoms with Crippen molar-refractivity contribution in [1.29, 1.82) is 0 Å². The van der Waals surface area contributed by atoms with Gasteiger partial charge in [0.25, 0.3) is 5.91 Å². The van der Waals surface area contributed by atoms with Crippen LogP contribution < -0.4 is 5.73 Å². The number of amides is 1. The molecule has 1 unspecified atom stereocenters. The minimum atomic E-state index is -0.135. The van der Waals surface area contributed by atoms with Crippen molar-refractivity contribution in [2.24, 2.45) is 5.73 Å². The second kappa shape index (κ2) is 7.31. The normalized spacial score (nSPS) is 18.9. The molecule has 106 valence electrons. The van der Waals surface area contributed by atoms with Crippen LogP contribution in [0.5, 0.6) is 0 Å². The van der Waals surface area contributed by atoms with Gasteiger partial charge in [-0.3, -0.25) is 4.79 Å². The van der Waals surface area contributed by atoms with Crippen LogP contribution in [0.15, 0.2) is 18.2 Å². The van der Waals surface area contributed by atoms with E-state index in [0.29, 0.717) is 41.8 Å². The molecule has 1 fully saturated rings. The van der Waals surface area contributed by atoms with Gasteiger partial charge in [0.2, 0.25) is 0 Å². The highest BCUT2D eigenvalue weighted by Gasteiger charge is 2.25. The van der Waals surface area contributed by atoms with Crippen LogP contribution in [-0.4, -0.2) is 43.2 Å². The first-order valence-corrected chi connectivity index (χ1v) is 6.44. The predicted molar refractivity (Wildman–Crippen MR) is 78.4 cm³/mol. The van der Waals surface area contributed by atoms with E-state index in [-0.39, 0.29) is 24.4 Å². The van der Waals surface area contributed by atoms with Gasteiger partial charge in [-0.15, -0.1) is 12.4 Å². The maximum atomic E-state index is 12.3. The zero-order valence-electron chi connectivity index (χ0n) is 10.1. The fourth-order valence-electron chi connectivity index (χ4n) is 1.89. The first-order valence-electron chi connectivity index (χ1n) is 5.68. The lowest BCUT2D eigenvalue weighted by Crippen LogP contribution is -2.48. The van der Waals surface area contributed by atoms with Gasteiger partial charge in [-0.2, -0.15) is 0 Å². The third-order valence-corrected chi connectivity index (χ3v) is 3.69. The minimum Gasteiger partial charge on any atom is -0.373 e. The van der Waals surface area contributed by atoms with Gasteiger partial charge in [0.05, 0.1) is 28.3 Å². The topological polar surface area (TPSA) is 55.6 Å². The summed E-state index contributed by atoms with van der Waals surface area (Å²) in [4.78, 5) is 14.0. The van der Waals surface area contributed by atoms with Crippen LogP contribution in [0.4, 0.5) is 0 Å². The second-order valence-electron chi connectivity index (χ2n) is 4.08. The molecule has 1 aliphatic heterocycles. The number of ether oxygens (including phenoxy) is 1. The number of hydrogen-bond donors (Lipinski definition) is 1. The van der Waals surface area contributed by atoms with Crippen LogP contribution in [0.25, 0.3) is 0 Å². The van der Waals surface area contributed by atoms with Gasteiger partial charge in [0.1, 0.15) is 0 Å². The maximum absolute atomic E-state index is 12.3. The molecule has 0 bridgehead atoms. The maximum Gasteiger partial charge on any atom is 0.255 e. The summed E-state index contributed by atoms with van der Waals surface area (Å²) >= 11 is 11.9. The van der Waals surface area contributed by atoms with E-state index in [0.717, 1.165) is 0 Å². The summed E-state index contributed by atoms with van der Waals surface area (Å²) in [5, 5.41) is 0.672. The standard InChI is InChI=1S/C12H14Cl2N2O2.ClH/c13-10-3-1-2-9(11(10)14)12(17)16-4-5-18-8(6-15)7-16;/h1-3,8H,4-7,15H2;1H. The van der Waals surface area contributed by atoms with Gasteiger partial charge in [0.15, 0.2) is 0 Å². The van der Waals surface area contributed by atoms with Crippen molar-refractivity contribution in [3.63, 3.8) is 0 Å². The summed E-state index contributed by atoms with van der Waals surface area (Å²) in [5.41, 5.74) is 5.97. The quantitative estimate of drug-likeness (QED) is 0.907. The third-order valence-electron chi connectivity index (χ3n) is 2.87. The highest BCUT2D eigenvalue weighted by molar-refractivity contribution is 6.43. The summed E-state index contributed by atoms with van der Waals surface area (Å²) in [5.74, 6) is -0.135. The molecule has 0 radical (unpaired) electrons. The Morgan fingerprint density at radius 3 is 2.89 bits per heavy atom. The molecule has 1 aromatic rings. The van der Waals surface area contributed by atoms with Crippen molar-refractivity contribution >= 4 is 41.5 Å². The summed E-state index contributed by atoms with van der Waals surface area (Å²) < 4.78 is 5.42. The SMILES string of the molecule is Cl.NCC1CN(C(=O)c2cccc(Cl)c2Cl)CCO1. The van der Waals surface area contributed by atoms with E-state index in [9.17, 15) is 4.79 Å². The van der Waals surface area contributed by atoms with E-state index in [4.69, 9.17) is 33.7 Å². The number of carbonyl (C=O) groups is 1. The highest BCUT2D eigenvalue weighted by Crippen LogP contribution is 2.26. The molecule has 1 aliphatic rings. The van der Waals surface area contributed by atoms with Crippen molar-refractivity contribution in [1.82, 2.24) is 4.90 Å². The summed E-state index contributed by atoms with van der Waals surface area (Å²) in [7, 11) is 0. The van der Waals surface area contributed by atoms with Gasteiger partial charge in [-0.25, -0.2) is 0 Å². The number of carbonyl (C=O) groups excluding carboxylic acids is 1. The van der Waals surface area contributed by atoms with Gasteiger partial charge in [-0.05, 0) is 12.1 Å². The number of halogens is 3.